The molecule has 60 valence electrons. The normalized spacial score (nSPS) is 17.6. The molecule has 1 aliphatic rings. The Morgan fingerprint density at radius 1 is 1.73 bits per heavy atom. The van der Waals surface area contributed by atoms with E-state index in [1.807, 2.05) is 19.0 Å². The Bertz CT molecular complexity index is 220. The van der Waals surface area contributed by atoms with Crippen LogP contribution in [0.3, 0.4) is 0 Å². The van der Waals surface area contributed by atoms with E-state index >= 15 is 0 Å². The topological polar surface area (TPSA) is 28.0 Å². The molecule has 5 heteroatoms. The zero-order valence-corrected chi connectivity index (χ0v) is 8.08. The van der Waals surface area contributed by atoms with E-state index in [0.29, 0.717) is 0 Å². The van der Waals surface area contributed by atoms with E-state index in [1.54, 1.807) is 18.1 Å². The summed E-state index contributed by atoms with van der Waals surface area (Å²) in [4.78, 5) is 10.7. The Balaban J connectivity index is 2.50. The molecule has 0 aromatic heterocycles. The maximum absolute atomic E-state index is 4.88. The first-order valence-corrected chi connectivity index (χ1v) is 4.53. The standard InChI is InChI=1S/C6H9N3S2/c1-9(2)4-7-6-8-5(10)3-11-6/h4H,3H2,1-2H3/b7-4+. The van der Waals surface area contributed by atoms with Gasteiger partial charge in [-0.15, -0.1) is 0 Å². The van der Waals surface area contributed by atoms with Gasteiger partial charge in [0.1, 0.15) is 4.99 Å². The highest BCUT2D eigenvalue weighted by atomic mass is 32.2. The van der Waals surface area contributed by atoms with E-state index in [4.69, 9.17) is 12.2 Å². The van der Waals surface area contributed by atoms with Gasteiger partial charge in [-0.1, -0.05) is 24.0 Å². The maximum Gasteiger partial charge on any atom is 0.190 e. The fourth-order valence-corrected chi connectivity index (χ4v) is 1.46. The maximum atomic E-state index is 4.88. The van der Waals surface area contributed by atoms with Crippen molar-refractivity contribution in [3.05, 3.63) is 0 Å². The Labute approximate surface area is 75.6 Å². The van der Waals surface area contributed by atoms with Crippen molar-refractivity contribution >= 4 is 40.5 Å². The monoisotopic (exact) mass is 187 g/mol. The molecule has 1 aliphatic heterocycles. The summed E-state index contributed by atoms with van der Waals surface area (Å²) in [5.74, 6) is 0.801. The lowest BCUT2D eigenvalue weighted by atomic mass is 10.8. The molecule has 11 heavy (non-hydrogen) atoms. The van der Waals surface area contributed by atoms with Crippen molar-refractivity contribution in [3.8, 4) is 0 Å². The summed E-state index contributed by atoms with van der Waals surface area (Å²) in [5.41, 5.74) is 0. The fourth-order valence-electron chi connectivity index (χ4n) is 0.529. The van der Waals surface area contributed by atoms with Crippen LogP contribution in [-0.2, 0) is 0 Å². The summed E-state index contributed by atoms with van der Waals surface area (Å²) in [6.45, 7) is 0. The second kappa shape index (κ2) is 3.82. The summed E-state index contributed by atoms with van der Waals surface area (Å²) < 4.78 is 0. The van der Waals surface area contributed by atoms with Gasteiger partial charge in [-0.3, -0.25) is 0 Å². The minimum atomic E-state index is 0.737. The Morgan fingerprint density at radius 2 is 2.45 bits per heavy atom. The van der Waals surface area contributed by atoms with E-state index in [9.17, 15) is 0 Å². The van der Waals surface area contributed by atoms with Crippen LogP contribution >= 0.6 is 24.0 Å². The summed E-state index contributed by atoms with van der Waals surface area (Å²) in [5, 5.41) is 0.767. The lowest BCUT2D eigenvalue weighted by molar-refractivity contribution is 0.644. The van der Waals surface area contributed by atoms with Crippen molar-refractivity contribution < 1.29 is 0 Å². The van der Waals surface area contributed by atoms with Crippen LogP contribution in [0.5, 0.6) is 0 Å². The summed E-state index contributed by atoms with van der Waals surface area (Å²) in [6, 6.07) is 0. The summed E-state index contributed by atoms with van der Waals surface area (Å²) in [7, 11) is 3.84. The number of rotatable bonds is 1. The minimum absolute atomic E-state index is 0.737. The number of thioether (sulfide) groups is 1. The van der Waals surface area contributed by atoms with Gasteiger partial charge in [0.15, 0.2) is 5.17 Å². The molecule has 0 amide bonds. The molecule has 3 nitrogen and oxygen atoms in total. The molecule has 0 aromatic rings. The second-order valence-electron chi connectivity index (χ2n) is 2.28. The molecule has 0 bridgehead atoms. The van der Waals surface area contributed by atoms with Crippen molar-refractivity contribution in [2.24, 2.45) is 9.98 Å². The van der Waals surface area contributed by atoms with Crippen LogP contribution in [0, 0.1) is 0 Å². The van der Waals surface area contributed by atoms with Crippen molar-refractivity contribution in [1.82, 2.24) is 4.90 Å². The molecule has 0 atom stereocenters. The first-order valence-electron chi connectivity index (χ1n) is 3.13. The van der Waals surface area contributed by atoms with Gasteiger partial charge in [-0.05, 0) is 0 Å². The third kappa shape index (κ3) is 2.98. The number of hydrogen-bond donors (Lipinski definition) is 0. The number of aliphatic imine (C=N–C) groups is 2. The Kier molecular flexibility index (Phi) is 3.02. The van der Waals surface area contributed by atoms with Gasteiger partial charge in [0, 0.05) is 14.1 Å². The molecule has 0 aromatic carbocycles. The smallest absolute Gasteiger partial charge is 0.190 e. The van der Waals surface area contributed by atoms with E-state index in [0.717, 1.165) is 15.9 Å². The highest BCUT2D eigenvalue weighted by Crippen LogP contribution is 2.14. The van der Waals surface area contributed by atoms with Gasteiger partial charge < -0.3 is 4.90 Å². The highest BCUT2D eigenvalue weighted by molar-refractivity contribution is 8.15. The van der Waals surface area contributed by atoms with Crippen LogP contribution < -0.4 is 0 Å². The Morgan fingerprint density at radius 3 is 2.91 bits per heavy atom. The Hall–Kier alpha value is -0.420. The van der Waals surface area contributed by atoms with E-state index < -0.39 is 0 Å². The van der Waals surface area contributed by atoms with Crippen LogP contribution in [0.2, 0.25) is 0 Å². The lowest BCUT2D eigenvalue weighted by Gasteiger charge is -2.00. The number of nitrogens with zero attached hydrogens (tertiary/aromatic N) is 3. The molecule has 0 unspecified atom stereocenters. The predicted octanol–water partition coefficient (Wildman–Crippen LogP) is 1.01. The molecule has 1 rings (SSSR count). The molecule has 0 saturated carbocycles. The average molecular weight is 187 g/mol. The predicted molar refractivity (Wildman–Crippen MR) is 54.7 cm³/mol. The van der Waals surface area contributed by atoms with Gasteiger partial charge in [-0.2, -0.15) is 0 Å². The molecular weight excluding hydrogens is 178 g/mol. The fraction of sp³-hybridized carbons (Fsp3) is 0.500. The van der Waals surface area contributed by atoms with E-state index in [1.165, 1.54) is 0 Å². The van der Waals surface area contributed by atoms with Crippen LogP contribution in [0.1, 0.15) is 0 Å². The molecule has 0 N–H and O–H groups in total. The third-order valence-electron chi connectivity index (χ3n) is 0.944. The number of thiocarbonyl (C=S) groups is 1. The molecule has 0 aliphatic carbocycles. The highest BCUT2D eigenvalue weighted by Gasteiger charge is 2.09. The summed E-state index contributed by atoms with van der Waals surface area (Å²) in [6.07, 6.45) is 1.72. The van der Waals surface area contributed by atoms with Crippen molar-refractivity contribution in [2.75, 3.05) is 19.8 Å². The van der Waals surface area contributed by atoms with Gasteiger partial charge in [-0.25, -0.2) is 9.98 Å². The molecule has 0 spiro atoms. The first kappa shape index (κ1) is 8.67. The molecular formula is C6H9N3S2. The zero-order valence-electron chi connectivity index (χ0n) is 6.44. The largest absolute Gasteiger partial charge is 0.369 e. The van der Waals surface area contributed by atoms with Crippen LogP contribution in [0.4, 0.5) is 0 Å². The van der Waals surface area contributed by atoms with Crippen LogP contribution in [-0.4, -0.2) is 41.2 Å². The number of amidine groups is 1. The van der Waals surface area contributed by atoms with Crippen LogP contribution in [0.15, 0.2) is 9.98 Å². The van der Waals surface area contributed by atoms with Crippen molar-refractivity contribution in [1.29, 1.82) is 0 Å². The molecule has 0 fully saturated rings. The minimum Gasteiger partial charge on any atom is -0.369 e. The number of hydrogen-bond acceptors (Lipinski definition) is 3. The van der Waals surface area contributed by atoms with Gasteiger partial charge >= 0.3 is 0 Å². The SMILES string of the molecule is CN(C)/C=N/C1=NC(=S)CS1. The van der Waals surface area contributed by atoms with Gasteiger partial charge in [0.25, 0.3) is 0 Å². The van der Waals surface area contributed by atoms with Crippen molar-refractivity contribution in [2.45, 2.75) is 0 Å². The third-order valence-corrected chi connectivity index (χ3v) is 2.24. The van der Waals surface area contributed by atoms with E-state index in [2.05, 4.69) is 9.98 Å². The average Bonchev–Trinajstić information content (AvgIpc) is 2.31. The van der Waals surface area contributed by atoms with Crippen LogP contribution in [0.25, 0.3) is 0 Å². The van der Waals surface area contributed by atoms with Gasteiger partial charge in [0.05, 0.1) is 12.1 Å². The first-order chi connectivity index (χ1) is 5.18. The van der Waals surface area contributed by atoms with Crippen molar-refractivity contribution in [3.63, 3.8) is 0 Å². The molecule has 0 radical (unpaired) electrons. The second-order valence-corrected chi connectivity index (χ2v) is 3.70. The van der Waals surface area contributed by atoms with Gasteiger partial charge in [0.2, 0.25) is 0 Å². The lowest BCUT2D eigenvalue weighted by Crippen LogP contribution is -2.08. The molecule has 1 heterocycles. The zero-order chi connectivity index (χ0) is 8.27. The quantitative estimate of drug-likeness (QED) is 0.348. The molecule has 0 saturated heterocycles. The summed E-state index contributed by atoms with van der Waals surface area (Å²) >= 11 is 6.46. The van der Waals surface area contributed by atoms with E-state index in [-0.39, 0.29) is 0 Å².